The highest BCUT2D eigenvalue weighted by Crippen LogP contribution is 2.37. The second kappa shape index (κ2) is 7.35. The maximum atomic E-state index is 12.1. The first kappa shape index (κ1) is 16.3. The van der Waals surface area contributed by atoms with Crippen molar-refractivity contribution >= 4 is 11.7 Å². The Morgan fingerprint density at radius 1 is 1.12 bits per heavy atom. The van der Waals surface area contributed by atoms with Crippen LogP contribution in [0.2, 0.25) is 0 Å². The van der Waals surface area contributed by atoms with Crippen LogP contribution in [0.5, 0.6) is 0 Å². The van der Waals surface area contributed by atoms with Crippen LogP contribution in [0.15, 0.2) is 55.1 Å². The number of hydrogen-bond acceptors (Lipinski definition) is 4. The number of imidazole rings is 1. The van der Waals surface area contributed by atoms with E-state index >= 15 is 0 Å². The number of urea groups is 1. The lowest BCUT2D eigenvalue weighted by Gasteiger charge is -2.10. The Bertz CT molecular complexity index is 871. The zero-order valence-electron chi connectivity index (χ0n) is 14.3. The number of carbonyl (C=O) groups excluding carboxylic acids is 1. The lowest BCUT2D eigenvalue weighted by atomic mass is 10.2. The van der Waals surface area contributed by atoms with Gasteiger partial charge < -0.3 is 15.2 Å². The minimum atomic E-state index is -0.304. The second-order valence-electron chi connectivity index (χ2n) is 6.37. The summed E-state index contributed by atoms with van der Waals surface area (Å²) in [5.41, 5.74) is 1.77. The lowest BCUT2D eigenvalue weighted by molar-refractivity contribution is 0.251. The number of amides is 2. The quantitative estimate of drug-likeness (QED) is 0.717. The van der Waals surface area contributed by atoms with Gasteiger partial charge in [0.2, 0.25) is 0 Å². The van der Waals surface area contributed by atoms with Crippen LogP contribution in [0.25, 0.3) is 0 Å². The van der Waals surface area contributed by atoms with Crippen LogP contribution in [0.1, 0.15) is 36.0 Å². The van der Waals surface area contributed by atoms with Gasteiger partial charge in [0.15, 0.2) is 0 Å². The molecule has 7 nitrogen and oxygen atoms in total. The maximum absolute atomic E-state index is 12.1. The second-order valence-corrected chi connectivity index (χ2v) is 6.37. The number of nitrogens with one attached hydrogen (secondary N) is 2. The van der Waals surface area contributed by atoms with Crippen molar-refractivity contribution in [1.29, 1.82) is 0 Å². The summed E-state index contributed by atoms with van der Waals surface area (Å²) < 4.78 is 2.02. The molecular weight excluding hydrogens is 328 g/mol. The van der Waals surface area contributed by atoms with Crippen LogP contribution in [-0.2, 0) is 13.1 Å². The molecule has 1 aliphatic carbocycles. The summed E-state index contributed by atoms with van der Waals surface area (Å²) in [7, 11) is 0. The topological polar surface area (TPSA) is 84.7 Å². The minimum Gasteiger partial charge on any atom is -0.331 e. The lowest BCUT2D eigenvalue weighted by Crippen LogP contribution is -2.29. The van der Waals surface area contributed by atoms with Gasteiger partial charge in [-0.2, -0.15) is 0 Å². The van der Waals surface area contributed by atoms with E-state index in [0.29, 0.717) is 18.2 Å². The van der Waals surface area contributed by atoms with Gasteiger partial charge in [-0.25, -0.2) is 19.7 Å². The fourth-order valence-corrected chi connectivity index (χ4v) is 2.72. The molecule has 7 heteroatoms. The van der Waals surface area contributed by atoms with E-state index in [9.17, 15) is 4.79 Å². The molecule has 0 radical (unpaired) electrons. The molecular formula is C19H20N6O. The summed E-state index contributed by atoms with van der Waals surface area (Å²) in [6.07, 6.45) is 9.26. The van der Waals surface area contributed by atoms with Crippen molar-refractivity contribution in [2.24, 2.45) is 0 Å². The van der Waals surface area contributed by atoms with E-state index in [0.717, 1.165) is 31.0 Å². The molecule has 0 saturated heterocycles. The first-order valence-electron chi connectivity index (χ1n) is 8.68. The standard InChI is InChI=1S/C19H20N6O/c26-19(24-16-10-21-18(22-11-16)15-6-7-15)23-12-17-20-8-9-25(17)13-14-4-2-1-3-5-14/h1-5,8-11,15H,6-7,12-13H2,(H2,23,24,26). The van der Waals surface area contributed by atoms with E-state index in [1.54, 1.807) is 18.6 Å². The van der Waals surface area contributed by atoms with Crippen molar-refractivity contribution in [3.8, 4) is 0 Å². The minimum absolute atomic E-state index is 0.304. The molecule has 1 aromatic carbocycles. The zero-order chi connectivity index (χ0) is 17.8. The molecule has 0 spiro atoms. The third kappa shape index (κ3) is 4.05. The van der Waals surface area contributed by atoms with Gasteiger partial charge in [0.05, 0.1) is 24.6 Å². The van der Waals surface area contributed by atoms with Gasteiger partial charge in [0, 0.05) is 24.9 Å². The fourth-order valence-electron chi connectivity index (χ4n) is 2.72. The van der Waals surface area contributed by atoms with Crippen molar-refractivity contribution in [2.75, 3.05) is 5.32 Å². The summed E-state index contributed by atoms with van der Waals surface area (Å²) in [6, 6.07) is 9.83. The molecule has 132 valence electrons. The first-order valence-corrected chi connectivity index (χ1v) is 8.68. The number of anilines is 1. The predicted molar refractivity (Wildman–Crippen MR) is 97.6 cm³/mol. The van der Waals surface area contributed by atoms with Gasteiger partial charge in [-0.3, -0.25) is 0 Å². The Hall–Kier alpha value is -3.22. The van der Waals surface area contributed by atoms with Crippen molar-refractivity contribution in [3.05, 3.63) is 72.3 Å². The van der Waals surface area contributed by atoms with E-state index < -0.39 is 0 Å². The molecule has 26 heavy (non-hydrogen) atoms. The monoisotopic (exact) mass is 348 g/mol. The molecule has 0 aliphatic heterocycles. The van der Waals surface area contributed by atoms with Crippen LogP contribution < -0.4 is 10.6 Å². The average Bonchev–Trinajstić information content (AvgIpc) is 3.42. The molecule has 2 amide bonds. The van der Waals surface area contributed by atoms with Crippen LogP contribution >= 0.6 is 0 Å². The van der Waals surface area contributed by atoms with E-state index in [1.165, 1.54) is 5.56 Å². The van der Waals surface area contributed by atoms with E-state index in [1.807, 2.05) is 29.0 Å². The highest BCUT2D eigenvalue weighted by molar-refractivity contribution is 5.88. The van der Waals surface area contributed by atoms with Crippen LogP contribution in [0, 0.1) is 0 Å². The van der Waals surface area contributed by atoms with Gasteiger partial charge in [-0.1, -0.05) is 30.3 Å². The SMILES string of the molecule is O=C(NCc1nccn1Cc1ccccc1)Nc1cnc(C2CC2)nc1. The third-order valence-electron chi connectivity index (χ3n) is 4.28. The molecule has 1 fully saturated rings. The number of hydrogen-bond donors (Lipinski definition) is 2. The number of nitrogens with zero attached hydrogens (tertiary/aromatic N) is 4. The van der Waals surface area contributed by atoms with Gasteiger partial charge in [-0.05, 0) is 18.4 Å². The molecule has 1 aliphatic rings. The van der Waals surface area contributed by atoms with Gasteiger partial charge in [0.1, 0.15) is 11.6 Å². The number of benzene rings is 1. The van der Waals surface area contributed by atoms with Gasteiger partial charge in [-0.15, -0.1) is 0 Å². The Balaban J connectivity index is 1.31. The summed E-state index contributed by atoms with van der Waals surface area (Å²) in [5, 5.41) is 5.57. The van der Waals surface area contributed by atoms with Crippen molar-refractivity contribution in [1.82, 2.24) is 24.8 Å². The largest absolute Gasteiger partial charge is 0.331 e. The molecule has 0 unspecified atom stereocenters. The van der Waals surface area contributed by atoms with Crippen molar-refractivity contribution in [2.45, 2.75) is 31.8 Å². The van der Waals surface area contributed by atoms with Crippen LogP contribution in [-0.4, -0.2) is 25.6 Å². The molecule has 0 atom stereocenters. The molecule has 2 heterocycles. The smallest absolute Gasteiger partial charge is 0.319 e. The molecule has 3 aromatic rings. The van der Waals surface area contributed by atoms with Crippen LogP contribution in [0.4, 0.5) is 10.5 Å². The summed E-state index contributed by atoms with van der Waals surface area (Å²) >= 11 is 0. The van der Waals surface area contributed by atoms with Crippen LogP contribution in [0.3, 0.4) is 0 Å². The van der Waals surface area contributed by atoms with Crippen molar-refractivity contribution < 1.29 is 4.79 Å². The summed E-state index contributed by atoms with van der Waals surface area (Å²) in [4.78, 5) is 25.0. The third-order valence-corrected chi connectivity index (χ3v) is 4.28. The number of rotatable bonds is 6. The number of carbonyl (C=O) groups is 1. The Morgan fingerprint density at radius 3 is 2.62 bits per heavy atom. The molecule has 0 bridgehead atoms. The number of aromatic nitrogens is 4. The predicted octanol–water partition coefficient (Wildman–Crippen LogP) is 2.92. The molecule has 2 N–H and O–H groups in total. The molecule has 1 saturated carbocycles. The van der Waals surface area contributed by atoms with E-state index in [2.05, 4.69) is 37.7 Å². The highest BCUT2D eigenvalue weighted by atomic mass is 16.2. The normalized spacial score (nSPS) is 13.4. The summed E-state index contributed by atoms with van der Waals surface area (Å²) in [6.45, 7) is 1.06. The highest BCUT2D eigenvalue weighted by Gasteiger charge is 2.26. The fraction of sp³-hybridized carbons (Fsp3) is 0.263. The molecule has 4 rings (SSSR count). The maximum Gasteiger partial charge on any atom is 0.319 e. The zero-order valence-corrected chi connectivity index (χ0v) is 14.3. The van der Waals surface area contributed by atoms with Gasteiger partial charge in [0.25, 0.3) is 0 Å². The average molecular weight is 348 g/mol. The van der Waals surface area contributed by atoms with Gasteiger partial charge >= 0.3 is 6.03 Å². The Kier molecular flexibility index (Phi) is 4.59. The molecule has 2 aromatic heterocycles. The van der Waals surface area contributed by atoms with E-state index in [4.69, 9.17) is 0 Å². The van der Waals surface area contributed by atoms with E-state index in [-0.39, 0.29) is 6.03 Å². The van der Waals surface area contributed by atoms with Crippen molar-refractivity contribution in [3.63, 3.8) is 0 Å². The summed E-state index contributed by atoms with van der Waals surface area (Å²) in [5.74, 6) is 2.16. The first-order chi connectivity index (χ1) is 12.8. The Morgan fingerprint density at radius 2 is 1.88 bits per heavy atom. The Labute approximate surface area is 151 Å².